The van der Waals surface area contributed by atoms with E-state index in [1.165, 1.54) is 12.8 Å². The van der Waals surface area contributed by atoms with Crippen LogP contribution >= 0.6 is 0 Å². The molecule has 0 saturated heterocycles. The molecule has 0 aromatic heterocycles. The van der Waals surface area contributed by atoms with Gasteiger partial charge < -0.3 is 11.1 Å². The van der Waals surface area contributed by atoms with Crippen LogP contribution in [0.3, 0.4) is 0 Å². The number of carbonyl (C=O) groups is 1. The van der Waals surface area contributed by atoms with Crippen LogP contribution in [0.1, 0.15) is 45.4 Å². The number of nitrogens with one attached hydrogen (secondary N) is 1. The molecule has 0 aliphatic heterocycles. The number of likely N-dealkylation sites (N-methyl/N-ethyl adjacent to an activating group) is 1. The Kier molecular flexibility index (Phi) is 5.01. The van der Waals surface area contributed by atoms with Gasteiger partial charge in [-0.05, 0) is 51.0 Å². The molecule has 0 heterocycles. The largest absolute Gasteiger partial charge is 0.355 e. The molecule has 3 N–H and O–H groups in total. The quantitative estimate of drug-likeness (QED) is 0.745. The van der Waals surface area contributed by atoms with Crippen molar-refractivity contribution in [2.75, 3.05) is 19.6 Å². The van der Waals surface area contributed by atoms with Crippen LogP contribution in [0.4, 0.5) is 0 Å². The summed E-state index contributed by atoms with van der Waals surface area (Å²) in [5, 5.41) is 3.05. The van der Waals surface area contributed by atoms with Crippen molar-refractivity contribution in [3.8, 4) is 0 Å². The highest BCUT2D eigenvalue weighted by molar-refractivity contribution is 5.78. The number of rotatable bonds is 6. The number of hydrogen-bond acceptors (Lipinski definition) is 3. The van der Waals surface area contributed by atoms with Gasteiger partial charge in [0.15, 0.2) is 0 Å². The van der Waals surface area contributed by atoms with Gasteiger partial charge in [-0.2, -0.15) is 0 Å². The predicted molar refractivity (Wildman–Crippen MR) is 73.2 cm³/mol. The molecule has 2 fully saturated rings. The molecular formula is C14H27N3O. The average Bonchev–Trinajstić information content (AvgIpc) is 3.19. The molecule has 2 aliphatic carbocycles. The minimum Gasteiger partial charge on any atom is -0.355 e. The van der Waals surface area contributed by atoms with Crippen LogP contribution in [0.15, 0.2) is 0 Å². The van der Waals surface area contributed by atoms with Crippen molar-refractivity contribution in [3.63, 3.8) is 0 Å². The minimum absolute atomic E-state index is 0.193. The lowest BCUT2D eigenvalue weighted by Crippen LogP contribution is -2.45. The Morgan fingerprint density at radius 2 is 1.89 bits per heavy atom. The van der Waals surface area contributed by atoms with Gasteiger partial charge in [-0.15, -0.1) is 0 Å². The third-order valence-electron chi connectivity index (χ3n) is 4.30. The highest BCUT2D eigenvalue weighted by atomic mass is 16.2. The lowest BCUT2D eigenvalue weighted by Gasteiger charge is -2.35. The first kappa shape index (κ1) is 13.8. The third kappa shape index (κ3) is 4.25. The van der Waals surface area contributed by atoms with E-state index >= 15 is 0 Å². The molecule has 2 rings (SSSR count). The maximum atomic E-state index is 11.9. The molecule has 0 aromatic rings. The van der Waals surface area contributed by atoms with Gasteiger partial charge in [0.2, 0.25) is 5.91 Å². The lowest BCUT2D eigenvalue weighted by atomic mass is 9.91. The Bertz CT molecular complexity index is 270. The zero-order valence-electron chi connectivity index (χ0n) is 11.5. The SMILES string of the molecule is CCN(CC(=O)NCC1CC1)C1CCC(N)CC1. The zero-order valence-corrected chi connectivity index (χ0v) is 11.5. The summed E-state index contributed by atoms with van der Waals surface area (Å²) < 4.78 is 0. The van der Waals surface area contributed by atoms with E-state index in [0.717, 1.165) is 44.7 Å². The molecule has 0 spiro atoms. The van der Waals surface area contributed by atoms with Gasteiger partial charge in [0, 0.05) is 18.6 Å². The van der Waals surface area contributed by atoms with Crippen LogP contribution < -0.4 is 11.1 Å². The predicted octanol–water partition coefficient (Wildman–Crippen LogP) is 1.10. The fraction of sp³-hybridized carbons (Fsp3) is 0.929. The summed E-state index contributed by atoms with van der Waals surface area (Å²) in [5.74, 6) is 0.954. The molecule has 0 atom stereocenters. The first-order chi connectivity index (χ1) is 8.69. The number of nitrogens with two attached hydrogens (primary N) is 1. The van der Waals surface area contributed by atoms with Crippen molar-refractivity contribution < 1.29 is 4.79 Å². The monoisotopic (exact) mass is 253 g/mol. The number of nitrogens with zero attached hydrogens (tertiary/aromatic N) is 1. The molecule has 4 heteroatoms. The molecule has 18 heavy (non-hydrogen) atoms. The topological polar surface area (TPSA) is 58.4 Å². The van der Waals surface area contributed by atoms with Gasteiger partial charge in [-0.1, -0.05) is 6.92 Å². The molecule has 104 valence electrons. The molecule has 0 aromatic carbocycles. The second kappa shape index (κ2) is 6.53. The Labute approximate surface area is 110 Å². The number of carbonyl (C=O) groups excluding carboxylic acids is 1. The Hall–Kier alpha value is -0.610. The van der Waals surface area contributed by atoms with E-state index in [0.29, 0.717) is 18.6 Å². The van der Waals surface area contributed by atoms with E-state index in [1.807, 2.05) is 0 Å². The van der Waals surface area contributed by atoms with Crippen LogP contribution in [-0.2, 0) is 4.79 Å². The van der Waals surface area contributed by atoms with Crippen LogP contribution in [0.2, 0.25) is 0 Å². The van der Waals surface area contributed by atoms with E-state index in [1.54, 1.807) is 0 Å². The third-order valence-corrected chi connectivity index (χ3v) is 4.30. The van der Waals surface area contributed by atoms with Crippen molar-refractivity contribution >= 4 is 5.91 Å². The number of hydrogen-bond donors (Lipinski definition) is 2. The molecule has 0 unspecified atom stereocenters. The van der Waals surface area contributed by atoms with Gasteiger partial charge >= 0.3 is 0 Å². The average molecular weight is 253 g/mol. The second-order valence-corrected chi connectivity index (χ2v) is 5.88. The van der Waals surface area contributed by atoms with Crippen molar-refractivity contribution in [1.82, 2.24) is 10.2 Å². The number of amides is 1. The van der Waals surface area contributed by atoms with E-state index in [2.05, 4.69) is 17.1 Å². The normalized spacial score (nSPS) is 28.4. The lowest BCUT2D eigenvalue weighted by molar-refractivity contribution is -0.123. The van der Waals surface area contributed by atoms with Crippen LogP contribution in [0.25, 0.3) is 0 Å². The molecule has 2 aliphatic rings. The Balaban J connectivity index is 1.71. The molecule has 0 radical (unpaired) electrons. The van der Waals surface area contributed by atoms with Crippen molar-refractivity contribution in [3.05, 3.63) is 0 Å². The standard InChI is InChI=1S/C14H27N3O/c1-2-17(13-7-5-12(15)6-8-13)10-14(18)16-9-11-3-4-11/h11-13H,2-10,15H2,1H3,(H,16,18). The summed E-state index contributed by atoms with van der Waals surface area (Å²) in [5.41, 5.74) is 5.93. The van der Waals surface area contributed by atoms with Crippen molar-refractivity contribution in [2.24, 2.45) is 11.7 Å². The highest BCUT2D eigenvalue weighted by Gasteiger charge is 2.26. The zero-order chi connectivity index (χ0) is 13.0. The fourth-order valence-corrected chi connectivity index (χ4v) is 2.79. The van der Waals surface area contributed by atoms with Gasteiger partial charge in [-0.25, -0.2) is 0 Å². The first-order valence-corrected chi connectivity index (χ1v) is 7.45. The van der Waals surface area contributed by atoms with Crippen molar-refractivity contribution in [1.29, 1.82) is 0 Å². The maximum absolute atomic E-state index is 11.9. The van der Waals surface area contributed by atoms with Gasteiger partial charge in [0.25, 0.3) is 0 Å². The van der Waals surface area contributed by atoms with Crippen molar-refractivity contribution in [2.45, 2.75) is 57.5 Å². The second-order valence-electron chi connectivity index (χ2n) is 5.88. The maximum Gasteiger partial charge on any atom is 0.234 e. The molecule has 4 nitrogen and oxygen atoms in total. The summed E-state index contributed by atoms with van der Waals surface area (Å²) in [6.45, 7) is 4.54. The van der Waals surface area contributed by atoms with Crippen LogP contribution in [0, 0.1) is 5.92 Å². The van der Waals surface area contributed by atoms with Crippen LogP contribution in [-0.4, -0.2) is 42.5 Å². The first-order valence-electron chi connectivity index (χ1n) is 7.45. The summed E-state index contributed by atoms with van der Waals surface area (Å²) >= 11 is 0. The van der Waals surface area contributed by atoms with E-state index < -0.39 is 0 Å². The summed E-state index contributed by atoms with van der Waals surface area (Å²) in [6.07, 6.45) is 7.07. The molecule has 2 saturated carbocycles. The smallest absolute Gasteiger partial charge is 0.234 e. The summed E-state index contributed by atoms with van der Waals surface area (Å²) in [7, 11) is 0. The Morgan fingerprint density at radius 1 is 1.22 bits per heavy atom. The highest BCUT2D eigenvalue weighted by Crippen LogP contribution is 2.27. The molecule has 0 bridgehead atoms. The Morgan fingerprint density at radius 3 is 2.44 bits per heavy atom. The summed E-state index contributed by atoms with van der Waals surface area (Å²) in [4.78, 5) is 14.2. The minimum atomic E-state index is 0.193. The van der Waals surface area contributed by atoms with Gasteiger partial charge in [0.1, 0.15) is 0 Å². The van der Waals surface area contributed by atoms with E-state index in [9.17, 15) is 4.79 Å². The van der Waals surface area contributed by atoms with Gasteiger partial charge in [-0.3, -0.25) is 9.69 Å². The fourth-order valence-electron chi connectivity index (χ4n) is 2.79. The van der Waals surface area contributed by atoms with E-state index in [-0.39, 0.29) is 5.91 Å². The summed E-state index contributed by atoms with van der Waals surface area (Å²) in [6, 6.07) is 0.935. The van der Waals surface area contributed by atoms with Gasteiger partial charge in [0.05, 0.1) is 6.54 Å². The molecular weight excluding hydrogens is 226 g/mol. The van der Waals surface area contributed by atoms with Crippen LogP contribution in [0.5, 0.6) is 0 Å². The van der Waals surface area contributed by atoms with E-state index in [4.69, 9.17) is 5.73 Å². The molecule has 1 amide bonds.